The average molecular weight is 678 g/mol. The number of ether oxygens (including phenoxy) is 2. The third-order valence-corrected chi connectivity index (χ3v) is 7.25. The second-order valence-corrected chi connectivity index (χ2v) is 14.0. The summed E-state index contributed by atoms with van der Waals surface area (Å²) in [5.74, 6) is 2.96. The predicted molar refractivity (Wildman–Crippen MR) is 173 cm³/mol. The van der Waals surface area contributed by atoms with E-state index in [0.29, 0.717) is 56.1 Å². The van der Waals surface area contributed by atoms with Crippen molar-refractivity contribution in [2.75, 3.05) is 39.3 Å². The van der Waals surface area contributed by atoms with Gasteiger partial charge in [-0.25, -0.2) is 14.4 Å². The smallest absolute Gasteiger partial charge is 0.410 e. The van der Waals surface area contributed by atoms with Crippen LogP contribution in [0.2, 0.25) is 0 Å². The first-order valence-electron chi connectivity index (χ1n) is 16.2. The molecule has 3 aliphatic heterocycles. The van der Waals surface area contributed by atoms with Crippen LogP contribution in [-0.4, -0.2) is 105 Å². The molecule has 0 spiro atoms. The van der Waals surface area contributed by atoms with E-state index in [2.05, 4.69) is 35.6 Å². The van der Waals surface area contributed by atoms with E-state index < -0.39 is 17.2 Å². The van der Waals surface area contributed by atoms with Gasteiger partial charge in [-0.1, -0.05) is 15.5 Å². The predicted octanol–water partition coefficient (Wildman–Crippen LogP) is 3.64. The molecule has 2 amide bonds. The van der Waals surface area contributed by atoms with Gasteiger partial charge in [0, 0.05) is 71.2 Å². The Balaban J connectivity index is 0.000000202. The molecule has 5 rings (SSSR count). The van der Waals surface area contributed by atoms with Crippen molar-refractivity contribution in [1.82, 2.24) is 35.4 Å². The van der Waals surface area contributed by atoms with Crippen molar-refractivity contribution in [1.29, 1.82) is 0 Å². The Morgan fingerprint density at radius 2 is 1.35 bits per heavy atom. The van der Waals surface area contributed by atoms with Gasteiger partial charge in [0.2, 0.25) is 11.8 Å². The van der Waals surface area contributed by atoms with Crippen LogP contribution in [0.25, 0.3) is 0 Å². The number of rotatable bonds is 4. The van der Waals surface area contributed by atoms with E-state index in [4.69, 9.17) is 24.3 Å². The molecule has 5 heterocycles. The zero-order chi connectivity index (χ0) is 35.6. The molecule has 3 fully saturated rings. The lowest BCUT2D eigenvalue weighted by atomic mass is 10.1. The third kappa shape index (κ3) is 12.7. The van der Waals surface area contributed by atoms with Crippen LogP contribution in [0, 0.1) is 19.8 Å². The molecular formula is C31H51N9O8. The Bertz CT molecular complexity index is 1390. The maximum absolute atomic E-state index is 11.9. The molecule has 3 saturated heterocycles. The van der Waals surface area contributed by atoms with E-state index in [0.717, 1.165) is 31.8 Å². The lowest BCUT2D eigenvalue weighted by molar-refractivity contribution is -0.141. The molecule has 268 valence electrons. The van der Waals surface area contributed by atoms with Crippen LogP contribution in [0.15, 0.2) is 14.2 Å². The summed E-state index contributed by atoms with van der Waals surface area (Å²) in [6, 6.07) is 0. The van der Waals surface area contributed by atoms with E-state index in [1.54, 1.807) is 16.7 Å². The van der Waals surface area contributed by atoms with Crippen LogP contribution in [0.4, 0.5) is 9.59 Å². The van der Waals surface area contributed by atoms with Crippen molar-refractivity contribution in [3.63, 3.8) is 0 Å². The molecule has 48 heavy (non-hydrogen) atoms. The number of carbonyl (C=O) groups excluding carboxylic acids is 3. The number of hydrogen-bond donors (Lipinski definition) is 2. The zero-order valence-electron chi connectivity index (χ0n) is 29.6. The fourth-order valence-corrected chi connectivity index (χ4v) is 4.99. The maximum atomic E-state index is 11.9. The van der Waals surface area contributed by atoms with Gasteiger partial charge < -0.3 is 44.2 Å². The van der Waals surface area contributed by atoms with Gasteiger partial charge in [-0.3, -0.25) is 0 Å². The van der Waals surface area contributed by atoms with Crippen LogP contribution in [0.5, 0.6) is 0 Å². The highest BCUT2D eigenvalue weighted by molar-refractivity contribution is 5.84. The number of nitrogens with zero attached hydrogens (tertiary/aromatic N) is 7. The van der Waals surface area contributed by atoms with Crippen LogP contribution < -0.4 is 11.1 Å². The molecular weight excluding hydrogens is 626 g/mol. The Morgan fingerprint density at radius 1 is 0.833 bits per heavy atom. The van der Waals surface area contributed by atoms with Crippen LogP contribution >= 0.6 is 0 Å². The van der Waals surface area contributed by atoms with E-state index in [1.165, 1.54) is 6.92 Å². The summed E-state index contributed by atoms with van der Waals surface area (Å²) in [4.78, 5) is 50.5. The number of nitrogens with one attached hydrogen (secondary N) is 1. The first-order chi connectivity index (χ1) is 22.4. The average Bonchev–Trinajstić information content (AvgIpc) is 3.81. The van der Waals surface area contributed by atoms with Crippen molar-refractivity contribution >= 4 is 24.0 Å². The van der Waals surface area contributed by atoms with Crippen molar-refractivity contribution in [3.05, 3.63) is 23.4 Å². The third-order valence-electron chi connectivity index (χ3n) is 7.25. The number of aromatic nitrogens is 4. The molecule has 2 aromatic heterocycles. The number of amides is 2. The quantitative estimate of drug-likeness (QED) is 0.205. The minimum Gasteiger partial charge on any atom is -0.444 e. The van der Waals surface area contributed by atoms with E-state index in [-0.39, 0.29) is 29.9 Å². The van der Waals surface area contributed by atoms with Gasteiger partial charge in [0.05, 0.1) is 0 Å². The van der Waals surface area contributed by atoms with Gasteiger partial charge in [-0.05, 0) is 67.3 Å². The molecule has 17 heteroatoms. The van der Waals surface area contributed by atoms with Crippen molar-refractivity contribution < 1.29 is 37.7 Å². The zero-order valence-corrected chi connectivity index (χ0v) is 29.6. The number of nitrogens with two attached hydrogens (primary N) is 1. The summed E-state index contributed by atoms with van der Waals surface area (Å²) in [5, 5.41) is 14.6. The fourth-order valence-electron chi connectivity index (χ4n) is 4.99. The number of aryl methyl sites for hydroxylation is 2. The number of carbonyl (C=O) groups is 3. The monoisotopic (exact) mass is 677 g/mol. The molecule has 0 bridgehead atoms. The molecule has 0 radical (unpaired) electrons. The van der Waals surface area contributed by atoms with Gasteiger partial charge in [-0.15, -0.1) is 0 Å². The summed E-state index contributed by atoms with van der Waals surface area (Å²) >= 11 is 0. The van der Waals surface area contributed by atoms with Gasteiger partial charge in [-0.2, -0.15) is 9.97 Å². The fraction of sp³-hybridized carbons (Fsp3) is 0.742. The summed E-state index contributed by atoms with van der Waals surface area (Å²) < 4.78 is 20.4. The summed E-state index contributed by atoms with van der Waals surface area (Å²) in [5.41, 5.74) is 4.73. The largest absolute Gasteiger partial charge is 0.444 e. The Morgan fingerprint density at radius 3 is 1.81 bits per heavy atom. The minimum absolute atomic E-state index is 0.105. The molecule has 0 saturated carbocycles. The normalized spacial score (nSPS) is 21.2. The van der Waals surface area contributed by atoms with E-state index in [1.807, 2.05) is 48.5 Å². The Hall–Kier alpha value is -4.28. The number of oxime groups is 1. The molecule has 3 N–H and O–H groups in total. The molecule has 3 atom stereocenters. The van der Waals surface area contributed by atoms with Gasteiger partial charge >= 0.3 is 18.2 Å². The van der Waals surface area contributed by atoms with Crippen molar-refractivity contribution in [2.45, 2.75) is 105 Å². The van der Waals surface area contributed by atoms with Crippen molar-refractivity contribution in [2.24, 2.45) is 16.8 Å². The lowest BCUT2D eigenvalue weighted by Crippen LogP contribution is -2.36. The Kier molecular flexibility index (Phi) is 13.3. The molecule has 3 unspecified atom stereocenters. The summed E-state index contributed by atoms with van der Waals surface area (Å²) in [6.07, 6.45) is 2.01. The molecule has 17 nitrogen and oxygen atoms in total. The van der Waals surface area contributed by atoms with E-state index in [9.17, 15) is 14.4 Å². The minimum atomic E-state index is -0.523. The number of hydrogen-bond acceptors (Lipinski definition) is 14. The molecule has 0 aromatic carbocycles. The van der Waals surface area contributed by atoms with Crippen LogP contribution in [0.3, 0.4) is 0 Å². The SMILES string of the molecule is CC(=O)O/N=C(\N)C1CCN(C(=O)OC(C)(C)C)C1.Cc1nc(C2CCN(C(=O)OC(C)(C)C)C2)no1.Cc1nc(C2CCNC2)no1. The Labute approximate surface area is 281 Å². The second-order valence-electron chi connectivity index (χ2n) is 14.0. The highest BCUT2D eigenvalue weighted by atomic mass is 16.7. The summed E-state index contributed by atoms with van der Waals surface area (Å²) in [7, 11) is 0. The first kappa shape index (κ1) is 38.2. The maximum Gasteiger partial charge on any atom is 0.410 e. The van der Waals surface area contributed by atoms with Gasteiger partial charge in [0.15, 0.2) is 11.6 Å². The van der Waals surface area contributed by atoms with Gasteiger partial charge in [0.25, 0.3) is 0 Å². The van der Waals surface area contributed by atoms with Gasteiger partial charge in [0.1, 0.15) is 17.0 Å². The number of likely N-dealkylation sites (tertiary alicyclic amines) is 2. The van der Waals surface area contributed by atoms with Crippen LogP contribution in [0.1, 0.15) is 103 Å². The first-order valence-corrected chi connectivity index (χ1v) is 16.2. The number of amidine groups is 1. The molecule has 0 aliphatic carbocycles. The molecule has 3 aliphatic rings. The standard InChI is InChI=1S/C12H21N3O4.C12H19N3O3.C7H11N3O/c1-8(16)19-14-10(13)9-5-6-15(7-9)11(17)18-12(2,3)4;1-8-13-10(14-18-8)9-5-6-15(7-9)11(16)17-12(2,3)4;1-5-9-7(10-11-5)6-2-3-8-4-6/h9H,5-7H2,1-4H3,(H2,13,14);9H,5-7H2,1-4H3;6,8H,2-4H2,1H3. The highest BCUT2D eigenvalue weighted by Crippen LogP contribution is 2.26. The van der Waals surface area contributed by atoms with E-state index >= 15 is 0 Å². The topological polar surface area (TPSA) is 214 Å². The second kappa shape index (κ2) is 16.7. The highest BCUT2D eigenvalue weighted by Gasteiger charge is 2.33. The lowest BCUT2D eigenvalue weighted by Gasteiger charge is -2.24. The summed E-state index contributed by atoms with van der Waals surface area (Å²) in [6.45, 7) is 20.1. The van der Waals surface area contributed by atoms with Crippen LogP contribution in [-0.2, 0) is 19.1 Å². The van der Waals surface area contributed by atoms with Crippen molar-refractivity contribution in [3.8, 4) is 0 Å². The molecule has 2 aromatic rings.